The molecule has 4 N–H and O–H groups in total. The molecule has 0 saturated carbocycles. The number of aromatic nitrogens is 4. The summed E-state index contributed by atoms with van der Waals surface area (Å²) in [7, 11) is 1.48. The van der Waals surface area contributed by atoms with Gasteiger partial charge in [-0.2, -0.15) is 10.1 Å². The number of ether oxygens (including phenoxy) is 1. The van der Waals surface area contributed by atoms with Gasteiger partial charge in [0.25, 0.3) is 5.91 Å². The average Bonchev–Trinajstić information content (AvgIpc) is 2.77. The molecule has 2 heterocycles. The zero-order valence-corrected chi connectivity index (χ0v) is 8.97. The lowest BCUT2D eigenvalue weighted by molar-refractivity contribution is 0.100. The maximum atomic E-state index is 11.1. The Kier molecular flexibility index (Phi) is 2.86. The van der Waals surface area contributed by atoms with Gasteiger partial charge in [0.2, 0.25) is 5.88 Å². The number of carbonyl (C=O) groups is 1. The van der Waals surface area contributed by atoms with Gasteiger partial charge in [-0.15, -0.1) is 0 Å². The fraction of sp³-hybridized carbons (Fsp3) is 0.111. The Bertz CT molecular complexity index is 538. The van der Waals surface area contributed by atoms with E-state index in [4.69, 9.17) is 10.5 Å². The number of hydrogen-bond donors (Lipinski definition) is 3. The summed E-state index contributed by atoms with van der Waals surface area (Å²) in [6.07, 6.45) is 4.28. The standard InChI is InChI=1S/C9H10N6O2/c1-17-7-4-11-3-6(13-7)14-9-5(8(10)16)2-12-15-9/h2-4H,1H3,(H2,10,16)(H2,12,13,14,15). The number of nitrogens with two attached hydrogens (primary N) is 1. The number of H-pyrrole nitrogens is 1. The van der Waals surface area contributed by atoms with Crippen molar-refractivity contribution in [1.82, 2.24) is 20.2 Å². The largest absolute Gasteiger partial charge is 0.480 e. The molecule has 8 nitrogen and oxygen atoms in total. The summed E-state index contributed by atoms with van der Waals surface area (Å²) in [4.78, 5) is 19.0. The lowest BCUT2D eigenvalue weighted by Gasteiger charge is -2.05. The maximum Gasteiger partial charge on any atom is 0.254 e. The van der Waals surface area contributed by atoms with Crippen LogP contribution >= 0.6 is 0 Å². The highest BCUT2D eigenvalue weighted by molar-refractivity contribution is 5.97. The number of primary amides is 1. The molecule has 0 aliphatic carbocycles. The molecule has 1 amide bonds. The Morgan fingerprint density at radius 1 is 1.47 bits per heavy atom. The SMILES string of the molecule is COc1cncc(Nc2[nH]ncc2C(N)=O)n1. The Morgan fingerprint density at radius 2 is 2.29 bits per heavy atom. The Balaban J connectivity index is 2.25. The monoisotopic (exact) mass is 234 g/mol. The van der Waals surface area contributed by atoms with Crippen LogP contribution in [-0.4, -0.2) is 33.2 Å². The summed E-state index contributed by atoms with van der Waals surface area (Å²) < 4.78 is 4.92. The molecule has 0 saturated heterocycles. The second kappa shape index (κ2) is 4.47. The van der Waals surface area contributed by atoms with Crippen molar-refractivity contribution >= 4 is 17.5 Å². The van der Waals surface area contributed by atoms with E-state index >= 15 is 0 Å². The number of aromatic amines is 1. The zero-order chi connectivity index (χ0) is 12.3. The Hall–Kier alpha value is -2.64. The third-order valence-corrected chi connectivity index (χ3v) is 1.98. The van der Waals surface area contributed by atoms with E-state index in [-0.39, 0.29) is 5.56 Å². The highest BCUT2D eigenvalue weighted by atomic mass is 16.5. The fourth-order valence-electron chi connectivity index (χ4n) is 1.20. The van der Waals surface area contributed by atoms with Crippen LogP contribution in [0.5, 0.6) is 5.88 Å². The highest BCUT2D eigenvalue weighted by Crippen LogP contribution is 2.16. The smallest absolute Gasteiger partial charge is 0.254 e. The molecular weight excluding hydrogens is 224 g/mol. The van der Waals surface area contributed by atoms with E-state index in [1.54, 1.807) is 0 Å². The predicted octanol–water partition coefficient (Wildman–Crippen LogP) is 0.0508. The summed E-state index contributed by atoms with van der Waals surface area (Å²) in [5.74, 6) is 0.545. The van der Waals surface area contributed by atoms with Crippen molar-refractivity contribution in [2.45, 2.75) is 0 Å². The first-order valence-corrected chi connectivity index (χ1v) is 4.67. The number of nitrogens with zero attached hydrogens (tertiary/aromatic N) is 3. The van der Waals surface area contributed by atoms with Crippen molar-refractivity contribution in [3.63, 3.8) is 0 Å². The summed E-state index contributed by atoms with van der Waals surface area (Å²) in [5.41, 5.74) is 5.41. The second-order valence-electron chi connectivity index (χ2n) is 3.09. The molecule has 17 heavy (non-hydrogen) atoms. The molecule has 0 unspecified atom stereocenters. The number of anilines is 2. The molecule has 2 rings (SSSR count). The van der Waals surface area contributed by atoms with Gasteiger partial charge < -0.3 is 15.8 Å². The topological polar surface area (TPSA) is 119 Å². The van der Waals surface area contributed by atoms with Crippen LogP contribution in [0.3, 0.4) is 0 Å². The van der Waals surface area contributed by atoms with Crippen molar-refractivity contribution in [1.29, 1.82) is 0 Å². The fourth-order valence-corrected chi connectivity index (χ4v) is 1.20. The third kappa shape index (κ3) is 2.30. The van der Waals surface area contributed by atoms with Gasteiger partial charge >= 0.3 is 0 Å². The molecule has 0 aromatic carbocycles. The molecule has 0 bridgehead atoms. The normalized spacial score (nSPS) is 9.94. The molecule has 0 aliphatic rings. The van der Waals surface area contributed by atoms with Crippen LogP contribution in [0.2, 0.25) is 0 Å². The highest BCUT2D eigenvalue weighted by Gasteiger charge is 2.11. The minimum absolute atomic E-state index is 0.245. The number of rotatable bonds is 4. The van der Waals surface area contributed by atoms with Crippen molar-refractivity contribution in [2.24, 2.45) is 5.73 Å². The third-order valence-electron chi connectivity index (χ3n) is 1.98. The summed E-state index contributed by atoms with van der Waals surface area (Å²) in [6, 6.07) is 0. The molecule has 88 valence electrons. The molecule has 0 radical (unpaired) electrons. The predicted molar refractivity (Wildman–Crippen MR) is 59.0 cm³/mol. The van der Waals surface area contributed by atoms with Crippen LogP contribution in [-0.2, 0) is 0 Å². The number of amides is 1. The minimum atomic E-state index is -0.586. The maximum absolute atomic E-state index is 11.1. The molecule has 2 aromatic heterocycles. The molecule has 8 heteroatoms. The molecule has 0 spiro atoms. The van der Waals surface area contributed by atoms with E-state index in [1.165, 1.54) is 25.7 Å². The van der Waals surface area contributed by atoms with E-state index in [1.807, 2.05) is 0 Å². The van der Waals surface area contributed by atoms with E-state index in [9.17, 15) is 4.79 Å². The number of carbonyl (C=O) groups excluding carboxylic acids is 1. The van der Waals surface area contributed by atoms with Crippen molar-refractivity contribution in [3.05, 3.63) is 24.2 Å². The van der Waals surface area contributed by atoms with Crippen molar-refractivity contribution < 1.29 is 9.53 Å². The Morgan fingerprint density at radius 3 is 3.00 bits per heavy atom. The van der Waals surface area contributed by atoms with E-state index in [0.29, 0.717) is 17.5 Å². The van der Waals surface area contributed by atoms with Crippen molar-refractivity contribution in [3.8, 4) is 5.88 Å². The summed E-state index contributed by atoms with van der Waals surface area (Å²) >= 11 is 0. The number of methoxy groups -OCH3 is 1. The molecule has 0 fully saturated rings. The van der Waals surface area contributed by atoms with Crippen LogP contribution in [0.25, 0.3) is 0 Å². The zero-order valence-electron chi connectivity index (χ0n) is 8.97. The summed E-state index contributed by atoms with van der Waals surface area (Å²) in [6.45, 7) is 0. The Labute approximate surface area is 96.2 Å². The van der Waals surface area contributed by atoms with E-state index in [0.717, 1.165) is 0 Å². The quantitative estimate of drug-likeness (QED) is 0.687. The average molecular weight is 234 g/mol. The van der Waals surface area contributed by atoms with Gasteiger partial charge in [-0.25, -0.2) is 0 Å². The molecule has 0 atom stereocenters. The van der Waals surface area contributed by atoms with Gasteiger partial charge in [-0.3, -0.25) is 14.9 Å². The lowest BCUT2D eigenvalue weighted by Crippen LogP contribution is -2.12. The number of nitrogens with one attached hydrogen (secondary N) is 2. The van der Waals surface area contributed by atoms with Gasteiger partial charge in [-0.1, -0.05) is 0 Å². The molecule has 0 aliphatic heterocycles. The van der Waals surface area contributed by atoms with Crippen LogP contribution in [0.4, 0.5) is 11.6 Å². The van der Waals surface area contributed by atoms with Gasteiger partial charge in [0.15, 0.2) is 5.82 Å². The van der Waals surface area contributed by atoms with E-state index in [2.05, 4.69) is 25.5 Å². The van der Waals surface area contributed by atoms with Crippen LogP contribution < -0.4 is 15.8 Å². The first kappa shape index (κ1) is 10.9. The van der Waals surface area contributed by atoms with Gasteiger partial charge in [-0.05, 0) is 0 Å². The first-order chi connectivity index (χ1) is 8.20. The van der Waals surface area contributed by atoms with E-state index < -0.39 is 5.91 Å². The van der Waals surface area contributed by atoms with Crippen LogP contribution in [0, 0.1) is 0 Å². The number of hydrogen-bond acceptors (Lipinski definition) is 6. The molecule has 2 aromatic rings. The first-order valence-electron chi connectivity index (χ1n) is 4.67. The van der Waals surface area contributed by atoms with Crippen LogP contribution in [0.15, 0.2) is 18.6 Å². The second-order valence-corrected chi connectivity index (χ2v) is 3.09. The van der Waals surface area contributed by atoms with Gasteiger partial charge in [0.1, 0.15) is 11.4 Å². The van der Waals surface area contributed by atoms with Gasteiger partial charge in [0, 0.05) is 0 Å². The minimum Gasteiger partial charge on any atom is -0.480 e. The lowest BCUT2D eigenvalue weighted by atomic mass is 10.3. The van der Waals surface area contributed by atoms with Crippen LogP contribution in [0.1, 0.15) is 10.4 Å². The van der Waals surface area contributed by atoms with Crippen molar-refractivity contribution in [2.75, 3.05) is 12.4 Å². The summed E-state index contributed by atoms with van der Waals surface area (Å²) in [5, 5.41) is 9.15. The molecular formula is C9H10N6O2. The van der Waals surface area contributed by atoms with Gasteiger partial charge in [0.05, 0.1) is 25.7 Å².